The van der Waals surface area contributed by atoms with Crippen molar-refractivity contribution in [1.29, 1.82) is 10.5 Å². The lowest BCUT2D eigenvalue weighted by Crippen LogP contribution is -1.99. The number of nitrogens with one attached hydrogen (secondary N) is 1. The standard InChI is InChI=1S/C17H14N6/c1-13(20-21-15-5-3-2-4-6-15)14-7-9-16(10-8-14)22-23-17(11-18)12-19/h2-10,17,21H,1H3/b20-13+,23-22?. The van der Waals surface area contributed by atoms with Crippen molar-refractivity contribution in [2.75, 3.05) is 5.43 Å². The van der Waals surface area contributed by atoms with E-state index in [0.29, 0.717) is 5.69 Å². The van der Waals surface area contributed by atoms with Gasteiger partial charge in [0.2, 0.25) is 6.04 Å². The Hall–Kier alpha value is -3.51. The van der Waals surface area contributed by atoms with E-state index in [2.05, 4.69) is 20.8 Å². The molecule has 6 nitrogen and oxygen atoms in total. The lowest BCUT2D eigenvalue weighted by atomic mass is 10.1. The Morgan fingerprint density at radius 1 is 1.00 bits per heavy atom. The smallest absolute Gasteiger partial charge is 0.242 e. The van der Waals surface area contributed by atoms with E-state index < -0.39 is 6.04 Å². The van der Waals surface area contributed by atoms with Crippen molar-refractivity contribution in [3.05, 3.63) is 60.2 Å². The summed E-state index contributed by atoms with van der Waals surface area (Å²) in [5.41, 5.74) is 6.24. The molecule has 0 fully saturated rings. The number of hydrogen-bond acceptors (Lipinski definition) is 6. The number of para-hydroxylation sites is 1. The molecule has 2 rings (SSSR count). The average Bonchev–Trinajstić information content (AvgIpc) is 2.62. The molecule has 0 heterocycles. The minimum absolute atomic E-state index is 0.577. The monoisotopic (exact) mass is 302 g/mol. The van der Waals surface area contributed by atoms with Crippen LogP contribution in [0.25, 0.3) is 0 Å². The number of azo groups is 1. The quantitative estimate of drug-likeness (QED) is 0.513. The number of hydrazone groups is 1. The van der Waals surface area contributed by atoms with Crippen molar-refractivity contribution >= 4 is 17.1 Å². The van der Waals surface area contributed by atoms with Crippen molar-refractivity contribution < 1.29 is 0 Å². The van der Waals surface area contributed by atoms with Crippen LogP contribution in [0.15, 0.2) is 69.9 Å². The lowest BCUT2D eigenvalue weighted by molar-refractivity contribution is 0.949. The van der Waals surface area contributed by atoms with E-state index in [0.717, 1.165) is 17.0 Å². The van der Waals surface area contributed by atoms with E-state index in [4.69, 9.17) is 10.5 Å². The number of nitrogens with zero attached hydrogens (tertiary/aromatic N) is 5. The Kier molecular flexibility index (Phi) is 5.56. The van der Waals surface area contributed by atoms with Gasteiger partial charge in [-0.25, -0.2) is 0 Å². The summed E-state index contributed by atoms with van der Waals surface area (Å²) in [6.45, 7) is 1.90. The van der Waals surface area contributed by atoms with Crippen molar-refractivity contribution in [2.45, 2.75) is 13.0 Å². The first-order valence-corrected chi connectivity index (χ1v) is 6.89. The predicted molar refractivity (Wildman–Crippen MR) is 88.2 cm³/mol. The third-order valence-electron chi connectivity index (χ3n) is 2.94. The summed E-state index contributed by atoms with van der Waals surface area (Å²) in [6.07, 6.45) is 0. The summed E-state index contributed by atoms with van der Waals surface area (Å²) < 4.78 is 0. The lowest BCUT2D eigenvalue weighted by Gasteiger charge is -2.03. The molecule has 0 atom stereocenters. The summed E-state index contributed by atoms with van der Waals surface area (Å²) >= 11 is 0. The van der Waals surface area contributed by atoms with E-state index >= 15 is 0 Å². The first-order chi connectivity index (χ1) is 11.2. The maximum atomic E-state index is 8.63. The summed E-state index contributed by atoms with van der Waals surface area (Å²) in [6, 6.07) is 19.3. The number of nitriles is 2. The van der Waals surface area contributed by atoms with E-state index in [-0.39, 0.29) is 0 Å². The predicted octanol–water partition coefficient (Wildman–Crippen LogP) is 4.02. The van der Waals surface area contributed by atoms with Crippen LogP contribution in [0.2, 0.25) is 0 Å². The van der Waals surface area contributed by atoms with E-state index in [1.54, 1.807) is 24.3 Å². The van der Waals surface area contributed by atoms with E-state index in [1.165, 1.54) is 0 Å². The molecule has 0 saturated carbocycles. The molecule has 0 radical (unpaired) electrons. The van der Waals surface area contributed by atoms with Gasteiger partial charge in [-0.15, -0.1) is 0 Å². The van der Waals surface area contributed by atoms with Crippen LogP contribution in [0.3, 0.4) is 0 Å². The minimum atomic E-state index is -1.08. The van der Waals surface area contributed by atoms with Gasteiger partial charge >= 0.3 is 0 Å². The summed E-state index contributed by atoms with van der Waals surface area (Å²) in [5, 5.41) is 29.1. The van der Waals surface area contributed by atoms with Crippen LogP contribution >= 0.6 is 0 Å². The maximum absolute atomic E-state index is 8.63. The number of hydrogen-bond donors (Lipinski definition) is 1. The van der Waals surface area contributed by atoms with Gasteiger partial charge < -0.3 is 0 Å². The van der Waals surface area contributed by atoms with Crippen LogP contribution in [0, 0.1) is 22.7 Å². The van der Waals surface area contributed by atoms with Crippen LogP contribution in [0.5, 0.6) is 0 Å². The summed E-state index contributed by atoms with van der Waals surface area (Å²) in [5.74, 6) is 0. The Labute approximate surface area is 134 Å². The summed E-state index contributed by atoms with van der Waals surface area (Å²) in [7, 11) is 0. The molecule has 0 spiro atoms. The highest BCUT2D eigenvalue weighted by Gasteiger charge is 2.01. The third-order valence-corrected chi connectivity index (χ3v) is 2.94. The Morgan fingerprint density at radius 2 is 1.65 bits per heavy atom. The van der Waals surface area contributed by atoms with Crippen molar-refractivity contribution in [3.8, 4) is 12.1 Å². The van der Waals surface area contributed by atoms with Gasteiger partial charge in [-0.1, -0.05) is 30.3 Å². The molecular weight excluding hydrogens is 288 g/mol. The molecule has 0 aromatic heterocycles. The molecule has 23 heavy (non-hydrogen) atoms. The van der Waals surface area contributed by atoms with Gasteiger partial charge in [0.25, 0.3) is 0 Å². The van der Waals surface area contributed by atoms with Crippen molar-refractivity contribution in [3.63, 3.8) is 0 Å². The van der Waals surface area contributed by atoms with Gasteiger partial charge in [0, 0.05) is 0 Å². The fourth-order valence-electron chi connectivity index (χ4n) is 1.70. The van der Waals surface area contributed by atoms with Crippen LogP contribution in [0.4, 0.5) is 11.4 Å². The highest BCUT2D eigenvalue weighted by molar-refractivity contribution is 5.99. The molecule has 0 saturated heterocycles. The maximum Gasteiger partial charge on any atom is 0.242 e. The van der Waals surface area contributed by atoms with Gasteiger partial charge in [0.05, 0.1) is 17.1 Å². The van der Waals surface area contributed by atoms with Gasteiger partial charge in [-0.3, -0.25) is 5.43 Å². The second-order valence-corrected chi connectivity index (χ2v) is 4.60. The zero-order valence-corrected chi connectivity index (χ0v) is 12.5. The molecule has 0 aliphatic heterocycles. The molecule has 2 aromatic carbocycles. The molecular formula is C17H14N6. The van der Waals surface area contributed by atoms with Gasteiger partial charge in [0.15, 0.2) is 0 Å². The van der Waals surface area contributed by atoms with Crippen molar-refractivity contribution in [2.24, 2.45) is 15.3 Å². The van der Waals surface area contributed by atoms with Crippen molar-refractivity contribution in [1.82, 2.24) is 0 Å². The SMILES string of the molecule is C/C(=N\Nc1ccccc1)c1ccc(N=NC(C#N)C#N)cc1. The number of anilines is 1. The number of benzene rings is 2. The van der Waals surface area contributed by atoms with Crippen LogP contribution in [0.1, 0.15) is 12.5 Å². The molecule has 0 bridgehead atoms. The molecule has 0 unspecified atom stereocenters. The highest BCUT2D eigenvalue weighted by Crippen LogP contribution is 2.15. The molecule has 0 aliphatic carbocycles. The summed E-state index contributed by atoms with van der Waals surface area (Å²) in [4.78, 5) is 0. The second kappa shape index (κ2) is 8.06. The molecule has 6 heteroatoms. The van der Waals surface area contributed by atoms with Crippen LogP contribution < -0.4 is 5.43 Å². The molecule has 2 aromatic rings. The zero-order chi connectivity index (χ0) is 16.5. The minimum Gasteiger partial charge on any atom is -0.278 e. The first kappa shape index (κ1) is 15.9. The largest absolute Gasteiger partial charge is 0.278 e. The fourth-order valence-corrected chi connectivity index (χ4v) is 1.70. The molecule has 0 aliphatic rings. The fraction of sp³-hybridized carbons (Fsp3) is 0.118. The Bertz CT molecular complexity index is 765. The van der Waals surface area contributed by atoms with E-state index in [1.807, 2.05) is 49.4 Å². The second-order valence-electron chi connectivity index (χ2n) is 4.60. The topological polar surface area (TPSA) is 96.7 Å². The highest BCUT2D eigenvalue weighted by atomic mass is 15.3. The normalized spacial score (nSPS) is 11.2. The van der Waals surface area contributed by atoms with Gasteiger partial charge in [-0.05, 0) is 36.8 Å². The Balaban J connectivity index is 2.04. The van der Waals surface area contributed by atoms with Gasteiger partial charge in [-0.2, -0.15) is 25.9 Å². The first-order valence-electron chi connectivity index (χ1n) is 6.89. The Morgan fingerprint density at radius 3 is 2.26 bits per heavy atom. The molecule has 112 valence electrons. The average molecular weight is 302 g/mol. The van der Waals surface area contributed by atoms with Crippen LogP contribution in [-0.4, -0.2) is 11.8 Å². The number of rotatable bonds is 5. The van der Waals surface area contributed by atoms with Crippen LogP contribution in [-0.2, 0) is 0 Å². The third kappa shape index (κ3) is 4.76. The molecule has 0 amide bonds. The zero-order valence-electron chi connectivity index (χ0n) is 12.5. The molecule has 1 N–H and O–H groups in total. The van der Waals surface area contributed by atoms with Gasteiger partial charge in [0.1, 0.15) is 12.1 Å². The van der Waals surface area contributed by atoms with E-state index in [9.17, 15) is 0 Å².